The van der Waals surface area contributed by atoms with Crippen molar-refractivity contribution >= 4 is 23.2 Å². The molecule has 1 aromatic carbocycles. The van der Waals surface area contributed by atoms with Crippen molar-refractivity contribution in [1.82, 2.24) is 0 Å². The maximum Gasteiger partial charge on any atom is 0.195 e. The smallest absolute Gasteiger partial charge is 0.195 e. The van der Waals surface area contributed by atoms with Crippen LogP contribution in [0, 0.1) is 0 Å². The summed E-state index contributed by atoms with van der Waals surface area (Å²) in [6.45, 7) is 2.08. The summed E-state index contributed by atoms with van der Waals surface area (Å²) in [4.78, 5) is 14.1. The third kappa shape index (κ3) is 3.73. The van der Waals surface area contributed by atoms with Crippen molar-refractivity contribution in [1.29, 1.82) is 0 Å². The number of methoxy groups -OCH3 is 2. The van der Waals surface area contributed by atoms with Crippen LogP contribution < -0.4 is 9.47 Å². The summed E-state index contributed by atoms with van der Waals surface area (Å²) in [5, 5.41) is 0. The molecule has 0 unspecified atom stereocenters. The van der Waals surface area contributed by atoms with Gasteiger partial charge in [0.2, 0.25) is 0 Å². The van der Waals surface area contributed by atoms with E-state index in [1.165, 1.54) is 16.2 Å². The number of carbonyl (C=O) groups excluding carboxylic acids is 1. The summed E-state index contributed by atoms with van der Waals surface area (Å²) >= 11 is 1.54. The van der Waals surface area contributed by atoms with Gasteiger partial charge in [0.15, 0.2) is 5.78 Å². The van der Waals surface area contributed by atoms with Crippen LogP contribution in [0.25, 0.3) is 6.08 Å². The summed E-state index contributed by atoms with van der Waals surface area (Å²) in [5.41, 5.74) is 0.817. The first kappa shape index (κ1) is 15.3. The first-order valence-electron chi connectivity index (χ1n) is 6.71. The van der Waals surface area contributed by atoms with Gasteiger partial charge >= 0.3 is 0 Å². The van der Waals surface area contributed by atoms with Crippen molar-refractivity contribution < 1.29 is 14.3 Å². The van der Waals surface area contributed by atoms with E-state index in [2.05, 4.69) is 6.92 Å². The van der Waals surface area contributed by atoms with Gasteiger partial charge in [0.25, 0.3) is 0 Å². The fraction of sp³-hybridized carbons (Fsp3) is 0.235. The molecule has 4 heteroatoms. The van der Waals surface area contributed by atoms with Crippen LogP contribution in [0.4, 0.5) is 0 Å². The van der Waals surface area contributed by atoms with E-state index in [4.69, 9.17) is 9.47 Å². The molecule has 0 aliphatic heterocycles. The van der Waals surface area contributed by atoms with Gasteiger partial charge in [0.05, 0.1) is 19.1 Å². The molecule has 0 bridgehead atoms. The van der Waals surface area contributed by atoms with Gasteiger partial charge in [-0.15, -0.1) is 11.3 Å². The number of ether oxygens (including phenoxy) is 2. The quantitative estimate of drug-likeness (QED) is 0.592. The van der Waals surface area contributed by atoms with E-state index in [9.17, 15) is 4.79 Å². The van der Waals surface area contributed by atoms with E-state index in [1.807, 2.05) is 30.3 Å². The molecule has 0 N–H and O–H groups in total. The predicted molar refractivity (Wildman–Crippen MR) is 86.6 cm³/mol. The molecule has 0 amide bonds. The maximum atomic E-state index is 12.2. The number of ketones is 1. The Morgan fingerprint density at radius 3 is 2.62 bits per heavy atom. The van der Waals surface area contributed by atoms with E-state index >= 15 is 0 Å². The van der Waals surface area contributed by atoms with Crippen LogP contribution in [0.1, 0.15) is 27.0 Å². The van der Waals surface area contributed by atoms with Crippen molar-refractivity contribution in [3.8, 4) is 11.5 Å². The molecule has 3 nitrogen and oxygen atoms in total. The Hall–Kier alpha value is -2.07. The number of hydrogen-bond donors (Lipinski definition) is 0. The topological polar surface area (TPSA) is 35.5 Å². The van der Waals surface area contributed by atoms with Gasteiger partial charge in [-0.3, -0.25) is 4.79 Å². The molecule has 1 heterocycles. The van der Waals surface area contributed by atoms with Crippen LogP contribution >= 0.6 is 11.3 Å². The first-order valence-corrected chi connectivity index (χ1v) is 7.52. The number of benzene rings is 1. The Morgan fingerprint density at radius 1 is 1.19 bits per heavy atom. The molecule has 0 atom stereocenters. The summed E-state index contributed by atoms with van der Waals surface area (Å²) in [6.07, 6.45) is 4.28. The van der Waals surface area contributed by atoms with Crippen molar-refractivity contribution in [2.75, 3.05) is 14.2 Å². The van der Waals surface area contributed by atoms with Gasteiger partial charge in [-0.2, -0.15) is 0 Å². The Bertz CT molecular complexity index is 656. The largest absolute Gasteiger partial charge is 0.497 e. The highest BCUT2D eigenvalue weighted by Gasteiger charge is 2.07. The molecule has 21 heavy (non-hydrogen) atoms. The lowest BCUT2D eigenvalue weighted by Gasteiger charge is -2.06. The molecule has 0 aliphatic rings. The molecule has 0 saturated carbocycles. The van der Waals surface area contributed by atoms with Crippen molar-refractivity contribution in [3.63, 3.8) is 0 Å². The number of hydrogen-bond acceptors (Lipinski definition) is 4. The van der Waals surface area contributed by atoms with Crippen molar-refractivity contribution in [3.05, 3.63) is 51.7 Å². The summed E-state index contributed by atoms with van der Waals surface area (Å²) < 4.78 is 10.5. The molecular weight excluding hydrogens is 284 g/mol. The van der Waals surface area contributed by atoms with Gasteiger partial charge in [0.1, 0.15) is 11.5 Å². The molecule has 0 fully saturated rings. The first-order chi connectivity index (χ1) is 10.2. The highest BCUT2D eigenvalue weighted by Crippen LogP contribution is 2.25. The Labute approximate surface area is 128 Å². The average molecular weight is 302 g/mol. The zero-order chi connectivity index (χ0) is 15.2. The number of carbonyl (C=O) groups is 1. The zero-order valence-corrected chi connectivity index (χ0v) is 13.2. The zero-order valence-electron chi connectivity index (χ0n) is 12.4. The summed E-state index contributed by atoms with van der Waals surface area (Å²) in [6, 6.07) is 9.36. The Morgan fingerprint density at radius 2 is 2.00 bits per heavy atom. The second-order valence-corrected chi connectivity index (χ2v) is 5.59. The van der Waals surface area contributed by atoms with E-state index < -0.39 is 0 Å². The van der Waals surface area contributed by atoms with E-state index in [1.54, 1.807) is 26.4 Å². The number of rotatable bonds is 6. The minimum atomic E-state index is 0.00423. The molecule has 110 valence electrons. The fourth-order valence-corrected chi connectivity index (χ4v) is 2.79. The lowest BCUT2D eigenvalue weighted by Crippen LogP contribution is -1.92. The predicted octanol–water partition coefficient (Wildman–Crippen LogP) is 4.22. The SMILES string of the molecule is CCc1ccc(C(=O)/C=C/c2cc(OC)ccc2OC)s1. The lowest BCUT2D eigenvalue weighted by atomic mass is 10.1. The van der Waals surface area contributed by atoms with Crippen LogP contribution in [0.15, 0.2) is 36.4 Å². The molecule has 0 spiro atoms. The number of aryl methyl sites for hydroxylation is 1. The average Bonchev–Trinajstić information content (AvgIpc) is 3.01. The lowest BCUT2D eigenvalue weighted by molar-refractivity contribution is 0.105. The highest BCUT2D eigenvalue weighted by atomic mass is 32.1. The van der Waals surface area contributed by atoms with Gasteiger partial charge in [-0.05, 0) is 48.9 Å². The van der Waals surface area contributed by atoms with E-state index in [0.717, 1.165) is 22.6 Å². The second kappa shape index (κ2) is 7.09. The van der Waals surface area contributed by atoms with Crippen LogP contribution in [0.5, 0.6) is 11.5 Å². The number of allylic oxidation sites excluding steroid dienone is 1. The minimum absolute atomic E-state index is 0.00423. The molecule has 2 rings (SSSR count). The van der Waals surface area contributed by atoms with Gasteiger partial charge in [0, 0.05) is 10.4 Å². The molecule has 0 radical (unpaired) electrons. The van der Waals surface area contributed by atoms with E-state index in [0.29, 0.717) is 5.75 Å². The standard InChI is InChI=1S/C17H18O3S/c1-4-14-7-10-17(21-14)15(18)8-5-12-11-13(19-2)6-9-16(12)20-3/h5-11H,4H2,1-3H3/b8-5+. The van der Waals surface area contributed by atoms with Crippen LogP contribution in [0.2, 0.25) is 0 Å². The van der Waals surface area contributed by atoms with Crippen molar-refractivity contribution in [2.24, 2.45) is 0 Å². The van der Waals surface area contributed by atoms with Gasteiger partial charge < -0.3 is 9.47 Å². The summed E-state index contributed by atoms with van der Waals surface area (Å²) in [5.74, 6) is 1.44. The molecule has 0 aliphatic carbocycles. The molecule has 2 aromatic rings. The fourth-order valence-electron chi connectivity index (χ4n) is 1.92. The minimum Gasteiger partial charge on any atom is -0.497 e. The highest BCUT2D eigenvalue weighted by molar-refractivity contribution is 7.14. The molecular formula is C17H18O3S. The van der Waals surface area contributed by atoms with Crippen LogP contribution in [-0.4, -0.2) is 20.0 Å². The van der Waals surface area contributed by atoms with E-state index in [-0.39, 0.29) is 5.78 Å². The Balaban J connectivity index is 2.21. The number of thiophene rings is 1. The molecule has 0 saturated heterocycles. The Kier molecular flexibility index (Phi) is 5.17. The van der Waals surface area contributed by atoms with Gasteiger partial charge in [-0.1, -0.05) is 6.92 Å². The second-order valence-electron chi connectivity index (χ2n) is 4.42. The maximum absolute atomic E-state index is 12.2. The third-order valence-corrected chi connectivity index (χ3v) is 4.35. The molecule has 1 aromatic heterocycles. The van der Waals surface area contributed by atoms with Crippen molar-refractivity contribution in [2.45, 2.75) is 13.3 Å². The summed E-state index contributed by atoms with van der Waals surface area (Å²) in [7, 11) is 3.21. The van der Waals surface area contributed by atoms with Crippen LogP contribution in [0.3, 0.4) is 0 Å². The third-order valence-electron chi connectivity index (χ3n) is 3.10. The van der Waals surface area contributed by atoms with Gasteiger partial charge in [-0.25, -0.2) is 0 Å². The monoisotopic (exact) mass is 302 g/mol. The normalized spacial score (nSPS) is 10.8. The van der Waals surface area contributed by atoms with Crippen LogP contribution in [-0.2, 0) is 6.42 Å².